The number of rotatable bonds is 7. The Morgan fingerprint density at radius 2 is 2.27 bits per heavy atom. The summed E-state index contributed by atoms with van der Waals surface area (Å²) >= 11 is 0. The molecule has 0 amide bonds. The lowest BCUT2D eigenvalue weighted by Crippen LogP contribution is -2.14. The molecule has 84 valence electrons. The van der Waals surface area contributed by atoms with E-state index in [4.69, 9.17) is 9.52 Å². The van der Waals surface area contributed by atoms with Gasteiger partial charge in [0.1, 0.15) is 10.7 Å². The van der Waals surface area contributed by atoms with Crippen LogP contribution in [0.5, 0.6) is 0 Å². The average Bonchev–Trinajstić information content (AvgIpc) is 2.66. The molecule has 0 saturated heterocycles. The highest BCUT2D eigenvalue weighted by molar-refractivity contribution is 5.17. The fourth-order valence-corrected chi connectivity index (χ4v) is 1.13. The van der Waals surface area contributed by atoms with E-state index in [9.17, 15) is 10.1 Å². The zero-order chi connectivity index (χ0) is 11.1. The van der Waals surface area contributed by atoms with Crippen molar-refractivity contribution in [1.82, 2.24) is 5.32 Å². The Bertz CT molecular complexity index is 311. The van der Waals surface area contributed by atoms with Crippen molar-refractivity contribution in [2.24, 2.45) is 0 Å². The summed E-state index contributed by atoms with van der Waals surface area (Å²) in [7, 11) is 0. The minimum atomic E-state index is -0.560. The molecule has 1 aromatic rings. The van der Waals surface area contributed by atoms with Crippen LogP contribution in [0.25, 0.3) is 0 Å². The van der Waals surface area contributed by atoms with E-state index in [2.05, 4.69) is 5.32 Å². The number of nitrogens with one attached hydrogen (secondary N) is 1. The molecule has 6 heteroatoms. The van der Waals surface area contributed by atoms with Gasteiger partial charge >= 0.3 is 5.88 Å². The maximum Gasteiger partial charge on any atom is 0.433 e. The highest BCUT2D eigenvalue weighted by Gasteiger charge is 2.10. The SMILES string of the molecule is O=[N+]([O-])c1ccc(CNCCCCO)o1. The standard InChI is InChI=1S/C9H14N2O4/c12-6-2-1-5-10-7-8-3-4-9(15-8)11(13)14/h3-4,10,12H,1-2,5-7H2. The van der Waals surface area contributed by atoms with Gasteiger partial charge in [-0.2, -0.15) is 0 Å². The van der Waals surface area contributed by atoms with Crippen LogP contribution in [0.4, 0.5) is 5.88 Å². The van der Waals surface area contributed by atoms with Gasteiger partial charge in [-0.1, -0.05) is 0 Å². The Labute approximate surface area is 87.0 Å². The summed E-state index contributed by atoms with van der Waals surface area (Å²) in [6, 6.07) is 2.92. The van der Waals surface area contributed by atoms with Gasteiger partial charge in [0.15, 0.2) is 0 Å². The third-order valence-corrected chi connectivity index (χ3v) is 1.89. The first kappa shape index (κ1) is 11.7. The van der Waals surface area contributed by atoms with Gasteiger partial charge in [-0.25, -0.2) is 0 Å². The molecule has 0 radical (unpaired) electrons. The highest BCUT2D eigenvalue weighted by atomic mass is 16.6. The third kappa shape index (κ3) is 4.09. The van der Waals surface area contributed by atoms with Crippen LogP contribution >= 0.6 is 0 Å². The number of nitrogens with zero attached hydrogens (tertiary/aromatic N) is 1. The summed E-state index contributed by atoms with van der Waals surface area (Å²) in [5.41, 5.74) is 0. The minimum Gasteiger partial charge on any atom is -0.404 e. The molecule has 1 rings (SSSR count). The largest absolute Gasteiger partial charge is 0.433 e. The lowest BCUT2D eigenvalue weighted by molar-refractivity contribution is -0.402. The van der Waals surface area contributed by atoms with E-state index in [-0.39, 0.29) is 12.5 Å². The number of furan rings is 1. The quantitative estimate of drug-likeness (QED) is 0.402. The van der Waals surface area contributed by atoms with E-state index in [0.717, 1.165) is 19.4 Å². The Hall–Kier alpha value is -1.40. The molecule has 0 spiro atoms. The zero-order valence-corrected chi connectivity index (χ0v) is 8.31. The fraction of sp³-hybridized carbons (Fsp3) is 0.556. The van der Waals surface area contributed by atoms with Gasteiger partial charge in [0, 0.05) is 6.61 Å². The van der Waals surface area contributed by atoms with E-state index < -0.39 is 4.92 Å². The number of unbranched alkanes of at least 4 members (excludes halogenated alkanes) is 1. The number of aliphatic hydroxyl groups is 1. The molecule has 2 N–H and O–H groups in total. The zero-order valence-electron chi connectivity index (χ0n) is 8.31. The molecule has 0 atom stereocenters. The second-order valence-electron chi connectivity index (χ2n) is 3.10. The van der Waals surface area contributed by atoms with Crippen LogP contribution in [0.3, 0.4) is 0 Å². The molecule has 15 heavy (non-hydrogen) atoms. The lowest BCUT2D eigenvalue weighted by Gasteiger charge is -2.00. The molecule has 0 aliphatic rings. The van der Waals surface area contributed by atoms with E-state index in [1.165, 1.54) is 6.07 Å². The molecule has 0 bridgehead atoms. The van der Waals surface area contributed by atoms with E-state index in [0.29, 0.717) is 12.3 Å². The molecular formula is C9H14N2O4. The Morgan fingerprint density at radius 3 is 2.87 bits per heavy atom. The first-order valence-electron chi connectivity index (χ1n) is 4.78. The van der Waals surface area contributed by atoms with Gasteiger partial charge < -0.3 is 14.8 Å². The first-order chi connectivity index (χ1) is 7.24. The van der Waals surface area contributed by atoms with Crippen LogP contribution < -0.4 is 5.32 Å². The van der Waals surface area contributed by atoms with Crippen LogP contribution in [-0.4, -0.2) is 23.2 Å². The molecule has 0 fully saturated rings. The Morgan fingerprint density at radius 1 is 1.47 bits per heavy atom. The molecule has 1 heterocycles. The average molecular weight is 214 g/mol. The molecular weight excluding hydrogens is 200 g/mol. The number of nitro groups is 1. The fourth-order valence-electron chi connectivity index (χ4n) is 1.13. The molecule has 0 unspecified atom stereocenters. The minimum absolute atomic E-state index is 0.188. The van der Waals surface area contributed by atoms with Gasteiger partial charge in [0.25, 0.3) is 0 Å². The van der Waals surface area contributed by atoms with Crippen molar-refractivity contribution in [3.05, 3.63) is 28.0 Å². The molecule has 0 aromatic carbocycles. The molecule has 0 aliphatic heterocycles. The maximum atomic E-state index is 10.3. The molecule has 0 saturated carbocycles. The smallest absolute Gasteiger partial charge is 0.404 e. The van der Waals surface area contributed by atoms with Gasteiger partial charge in [-0.15, -0.1) is 0 Å². The van der Waals surface area contributed by atoms with Crippen molar-refractivity contribution in [2.75, 3.05) is 13.2 Å². The molecule has 6 nitrogen and oxygen atoms in total. The summed E-state index contributed by atoms with van der Waals surface area (Å²) in [6.07, 6.45) is 1.63. The summed E-state index contributed by atoms with van der Waals surface area (Å²) in [6.45, 7) is 1.42. The van der Waals surface area contributed by atoms with Crippen molar-refractivity contribution in [2.45, 2.75) is 19.4 Å². The molecule has 0 aliphatic carbocycles. The van der Waals surface area contributed by atoms with Crippen LogP contribution in [-0.2, 0) is 6.54 Å². The monoisotopic (exact) mass is 214 g/mol. The van der Waals surface area contributed by atoms with Crippen LogP contribution in [0.2, 0.25) is 0 Å². The predicted octanol–water partition coefficient (Wildman–Crippen LogP) is 1.05. The summed E-state index contributed by atoms with van der Waals surface area (Å²) in [4.78, 5) is 9.73. The predicted molar refractivity (Wildman–Crippen MR) is 53.4 cm³/mol. The third-order valence-electron chi connectivity index (χ3n) is 1.89. The van der Waals surface area contributed by atoms with E-state index >= 15 is 0 Å². The van der Waals surface area contributed by atoms with Gasteiger partial charge in [0.05, 0.1) is 12.6 Å². The number of hydrogen-bond acceptors (Lipinski definition) is 5. The van der Waals surface area contributed by atoms with Crippen LogP contribution in [0.15, 0.2) is 16.5 Å². The second kappa shape index (κ2) is 6.15. The number of aliphatic hydroxyl groups excluding tert-OH is 1. The van der Waals surface area contributed by atoms with E-state index in [1.807, 2.05) is 0 Å². The van der Waals surface area contributed by atoms with Crippen molar-refractivity contribution in [3.63, 3.8) is 0 Å². The van der Waals surface area contributed by atoms with Crippen molar-refractivity contribution < 1.29 is 14.4 Å². The first-order valence-corrected chi connectivity index (χ1v) is 4.78. The normalized spacial score (nSPS) is 10.5. The Kier molecular flexibility index (Phi) is 4.79. The summed E-state index contributed by atoms with van der Waals surface area (Å²) < 4.78 is 4.94. The lowest BCUT2D eigenvalue weighted by atomic mass is 10.3. The van der Waals surface area contributed by atoms with Gasteiger partial charge in [0.2, 0.25) is 0 Å². The number of hydrogen-bond donors (Lipinski definition) is 2. The topological polar surface area (TPSA) is 88.5 Å². The van der Waals surface area contributed by atoms with Crippen molar-refractivity contribution >= 4 is 5.88 Å². The van der Waals surface area contributed by atoms with Crippen LogP contribution in [0, 0.1) is 10.1 Å². The maximum absolute atomic E-state index is 10.3. The van der Waals surface area contributed by atoms with Crippen molar-refractivity contribution in [3.8, 4) is 0 Å². The van der Waals surface area contributed by atoms with Gasteiger partial charge in [-0.3, -0.25) is 10.1 Å². The summed E-state index contributed by atoms with van der Waals surface area (Å²) in [5.74, 6) is 0.313. The Balaban J connectivity index is 2.23. The van der Waals surface area contributed by atoms with E-state index in [1.54, 1.807) is 6.07 Å². The van der Waals surface area contributed by atoms with Gasteiger partial charge in [-0.05, 0) is 25.5 Å². The van der Waals surface area contributed by atoms with Crippen LogP contribution in [0.1, 0.15) is 18.6 Å². The van der Waals surface area contributed by atoms with Crippen molar-refractivity contribution in [1.29, 1.82) is 0 Å². The summed E-state index contributed by atoms with van der Waals surface area (Å²) in [5, 5.41) is 21.9. The highest BCUT2D eigenvalue weighted by Crippen LogP contribution is 2.14. The second-order valence-corrected chi connectivity index (χ2v) is 3.10. The molecule has 1 aromatic heterocycles.